The highest BCUT2D eigenvalue weighted by Crippen LogP contribution is 2.18. The normalized spacial score (nSPS) is 30.3. The van der Waals surface area contributed by atoms with E-state index in [4.69, 9.17) is 0 Å². The van der Waals surface area contributed by atoms with Gasteiger partial charge < -0.3 is 0 Å². The van der Waals surface area contributed by atoms with E-state index < -0.39 is 0 Å². The first-order chi connectivity index (χ1) is 4.63. The SMILES string of the molecule is CC(C)N1[C@H](C)CCN1C. The lowest BCUT2D eigenvalue weighted by atomic mass is 10.2. The Morgan fingerprint density at radius 2 is 2.00 bits per heavy atom. The number of hydrazine groups is 1. The fourth-order valence-corrected chi connectivity index (χ4v) is 1.86. The van der Waals surface area contributed by atoms with Crippen molar-refractivity contribution in [2.24, 2.45) is 0 Å². The van der Waals surface area contributed by atoms with Gasteiger partial charge in [-0.1, -0.05) is 0 Å². The molecule has 0 spiro atoms. The number of rotatable bonds is 1. The average molecular weight is 142 g/mol. The molecule has 2 heteroatoms. The summed E-state index contributed by atoms with van der Waals surface area (Å²) in [5, 5.41) is 4.77. The van der Waals surface area contributed by atoms with Gasteiger partial charge in [-0.05, 0) is 27.2 Å². The van der Waals surface area contributed by atoms with Crippen molar-refractivity contribution in [2.45, 2.75) is 39.3 Å². The smallest absolute Gasteiger partial charge is 0.0233 e. The van der Waals surface area contributed by atoms with E-state index in [1.807, 2.05) is 0 Å². The van der Waals surface area contributed by atoms with Gasteiger partial charge >= 0.3 is 0 Å². The largest absolute Gasteiger partial charge is 0.244 e. The molecule has 1 fully saturated rings. The summed E-state index contributed by atoms with van der Waals surface area (Å²) in [5.41, 5.74) is 0. The van der Waals surface area contributed by atoms with Crippen LogP contribution in [0.2, 0.25) is 0 Å². The summed E-state index contributed by atoms with van der Waals surface area (Å²) in [6.07, 6.45) is 1.31. The topological polar surface area (TPSA) is 6.48 Å². The second-order valence-electron chi connectivity index (χ2n) is 3.49. The number of hydrogen-bond acceptors (Lipinski definition) is 2. The van der Waals surface area contributed by atoms with Crippen LogP contribution in [0.1, 0.15) is 27.2 Å². The van der Waals surface area contributed by atoms with Crippen LogP contribution in [0.3, 0.4) is 0 Å². The Kier molecular flexibility index (Phi) is 2.32. The Morgan fingerprint density at radius 1 is 1.40 bits per heavy atom. The van der Waals surface area contributed by atoms with Gasteiger partial charge in [-0.25, -0.2) is 10.0 Å². The van der Waals surface area contributed by atoms with Crippen molar-refractivity contribution in [2.75, 3.05) is 13.6 Å². The average Bonchev–Trinajstić information content (AvgIpc) is 2.11. The molecule has 0 saturated carbocycles. The third kappa shape index (κ3) is 1.32. The number of hydrogen-bond donors (Lipinski definition) is 0. The fraction of sp³-hybridized carbons (Fsp3) is 1.00. The zero-order valence-electron chi connectivity index (χ0n) is 7.46. The van der Waals surface area contributed by atoms with Gasteiger partial charge in [0, 0.05) is 25.7 Å². The van der Waals surface area contributed by atoms with Crippen molar-refractivity contribution >= 4 is 0 Å². The standard InChI is InChI=1S/C8H18N2/c1-7(2)10-8(3)5-6-9(10)4/h7-8H,5-6H2,1-4H3/t8-/m1/s1. The van der Waals surface area contributed by atoms with Crippen LogP contribution in [0.25, 0.3) is 0 Å². The summed E-state index contributed by atoms with van der Waals surface area (Å²) < 4.78 is 0. The molecule has 0 aromatic rings. The van der Waals surface area contributed by atoms with Gasteiger partial charge in [0.25, 0.3) is 0 Å². The molecule has 0 radical (unpaired) electrons. The molecule has 2 nitrogen and oxygen atoms in total. The molecular formula is C8H18N2. The van der Waals surface area contributed by atoms with E-state index in [2.05, 4.69) is 37.8 Å². The van der Waals surface area contributed by atoms with Crippen LogP contribution in [-0.2, 0) is 0 Å². The van der Waals surface area contributed by atoms with Gasteiger partial charge in [-0.3, -0.25) is 0 Å². The first-order valence-corrected chi connectivity index (χ1v) is 4.12. The van der Waals surface area contributed by atoms with Gasteiger partial charge in [0.15, 0.2) is 0 Å². The minimum absolute atomic E-state index is 0.655. The lowest BCUT2D eigenvalue weighted by Crippen LogP contribution is -2.42. The highest BCUT2D eigenvalue weighted by Gasteiger charge is 2.26. The van der Waals surface area contributed by atoms with Crippen LogP contribution in [0.5, 0.6) is 0 Å². The molecule has 1 heterocycles. The molecule has 0 N–H and O–H groups in total. The first kappa shape index (κ1) is 8.02. The summed E-state index contributed by atoms with van der Waals surface area (Å²) in [4.78, 5) is 0. The number of nitrogens with zero attached hydrogens (tertiary/aromatic N) is 2. The highest BCUT2D eigenvalue weighted by molar-refractivity contribution is 4.75. The van der Waals surface area contributed by atoms with E-state index in [0.29, 0.717) is 6.04 Å². The molecule has 1 rings (SSSR count). The van der Waals surface area contributed by atoms with Crippen LogP contribution in [-0.4, -0.2) is 35.7 Å². The molecular weight excluding hydrogens is 124 g/mol. The maximum atomic E-state index is 2.44. The highest BCUT2D eigenvalue weighted by atomic mass is 15.6. The fourth-order valence-electron chi connectivity index (χ4n) is 1.86. The van der Waals surface area contributed by atoms with Crippen molar-refractivity contribution in [3.8, 4) is 0 Å². The second kappa shape index (κ2) is 2.89. The molecule has 1 saturated heterocycles. The zero-order chi connectivity index (χ0) is 7.72. The quantitative estimate of drug-likeness (QED) is 0.545. The van der Waals surface area contributed by atoms with Crippen LogP contribution in [0.15, 0.2) is 0 Å². The van der Waals surface area contributed by atoms with E-state index in [9.17, 15) is 0 Å². The Balaban J connectivity index is 2.54. The Hall–Kier alpha value is -0.0800. The van der Waals surface area contributed by atoms with Crippen LogP contribution in [0.4, 0.5) is 0 Å². The second-order valence-corrected chi connectivity index (χ2v) is 3.49. The summed E-state index contributed by atoms with van der Waals surface area (Å²) in [6.45, 7) is 8.01. The van der Waals surface area contributed by atoms with Crippen molar-refractivity contribution in [3.05, 3.63) is 0 Å². The molecule has 0 amide bonds. The van der Waals surface area contributed by atoms with Gasteiger partial charge in [0.1, 0.15) is 0 Å². The first-order valence-electron chi connectivity index (χ1n) is 4.12. The van der Waals surface area contributed by atoms with E-state index in [1.54, 1.807) is 0 Å². The Morgan fingerprint density at radius 3 is 2.20 bits per heavy atom. The van der Waals surface area contributed by atoms with Gasteiger partial charge in [0.2, 0.25) is 0 Å². The summed E-state index contributed by atoms with van der Waals surface area (Å²) in [5.74, 6) is 0. The monoisotopic (exact) mass is 142 g/mol. The summed E-state index contributed by atoms with van der Waals surface area (Å²) >= 11 is 0. The maximum absolute atomic E-state index is 2.44. The molecule has 60 valence electrons. The summed E-state index contributed by atoms with van der Waals surface area (Å²) in [7, 11) is 2.17. The zero-order valence-corrected chi connectivity index (χ0v) is 7.46. The minimum atomic E-state index is 0.655. The third-order valence-corrected chi connectivity index (χ3v) is 2.25. The Bertz CT molecular complexity index is 102. The van der Waals surface area contributed by atoms with Crippen molar-refractivity contribution in [1.29, 1.82) is 0 Å². The molecule has 0 aromatic heterocycles. The van der Waals surface area contributed by atoms with Crippen molar-refractivity contribution < 1.29 is 0 Å². The minimum Gasteiger partial charge on any atom is -0.244 e. The van der Waals surface area contributed by atoms with E-state index in [1.165, 1.54) is 13.0 Å². The molecule has 1 aliphatic heterocycles. The molecule has 0 aliphatic carbocycles. The summed E-state index contributed by atoms with van der Waals surface area (Å²) in [6, 6.07) is 1.40. The van der Waals surface area contributed by atoms with E-state index in [-0.39, 0.29) is 0 Å². The van der Waals surface area contributed by atoms with Crippen LogP contribution >= 0.6 is 0 Å². The third-order valence-electron chi connectivity index (χ3n) is 2.25. The predicted molar refractivity (Wildman–Crippen MR) is 43.7 cm³/mol. The Labute approximate surface area is 63.8 Å². The molecule has 0 aromatic carbocycles. The lowest BCUT2D eigenvalue weighted by Gasteiger charge is -2.31. The lowest BCUT2D eigenvalue weighted by molar-refractivity contribution is -0.00391. The molecule has 1 atom stereocenters. The molecule has 0 bridgehead atoms. The molecule has 1 aliphatic rings. The van der Waals surface area contributed by atoms with E-state index >= 15 is 0 Å². The maximum Gasteiger partial charge on any atom is 0.0233 e. The van der Waals surface area contributed by atoms with Crippen LogP contribution < -0.4 is 0 Å². The predicted octanol–water partition coefficient (Wildman–Crippen LogP) is 1.34. The van der Waals surface area contributed by atoms with Gasteiger partial charge in [-0.15, -0.1) is 0 Å². The van der Waals surface area contributed by atoms with Crippen molar-refractivity contribution in [3.63, 3.8) is 0 Å². The van der Waals surface area contributed by atoms with Crippen LogP contribution in [0, 0.1) is 0 Å². The molecule has 0 unspecified atom stereocenters. The van der Waals surface area contributed by atoms with Gasteiger partial charge in [0.05, 0.1) is 0 Å². The van der Waals surface area contributed by atoms with E-state index in [0.717, 1.165) is 6.04 Å². The molecule has 10 heavy (non-hydrogen) atoms. The van der Waals surface area contributed by atoms with Crippen molar-refractivity contribution in [1.82, 2.24) is 10.0 Å². The van der Waals surface area contributed by atoms with Gasteiger partial charge in [-0.2, -0.15) is 0 Å².